The highest BCUT2D eigenvalue weighted by Crippen LogP contribution is 2.48. The molecule has 0 heteroatoms. The van der Waals surface area contributed by atoms with Gasteiger partial charge in [-0.1, -0.05) is 237 Å². The van der Waals surface area contributed by atoms with Crippen molar-refractivity contribution in [3.63, 3.8) is 0 Å². The minimum Gasteiger partial charge on any atom is -0.0622 e. The molecule has 330 valence electrons. The highest BCUT2D eigenvalue weighted by atomic mass is 14.2. The zero-order chi connectivity index (χ0) is 47.0. The van der Waals surface area contributed by atoms with Crippen LogP contribution < -0.4 is 0 Å². The first-order valence-electron chi connectivity index (χ1n) is 25.1. The van der Waals surface area contributed by atoms with Gasteiger partial charge in [0.25, 0.3) is 0 Å². The van der Waals surface area contributed by atoms with Crippen molar-refractivity contribution in [2.75, 3.05) is 0 Å². The van der Waals surface area contributed by atoms with Crippen LogP contribution in [0.3, 0.4) is 0 Å². The first-order valence-corrected chi connectivity index (χ1v) is 25.1. The molecular weight excluding hydrogens is 865 g/mol. The maximum absolute atomic E-state index is 2.47. The SMILES string of the molecule is c1ccc(-c2ccc3ccc4c(-c5cc(-c6ccc7ccc8c(-c9ccccc9)ccc9ccc6c7c98)cc(-c6ccc7ccc8c(-c9ccccc9)ccc9ccc6c7c98)c5)ccc5ccc2c3c54)cc1. The molecule has 16 aromatic rings. The third-order valence-electron chi connectivity index (χ3n) is 16.1. The zero-order valence-electron chi connectivity index (χ0n) is 39.2. The Hall–Kier alpha value is -9.36. The van der Waals surface area contributed by atoms with E-state index in [1.54, 1.807) is 0 Å². The fourth-order valence-corrected chi connectivity index (χ4v) is 12.9. The molecule has 0 nitrogen and oxygen atoms in total. The summed E-state index contributed by atoms with van der Waals surface area (Å²) in [4.78, 5) is 0. The molecule has 72 heavy (non-hydrogen) atoms. The number of hydrogen-bond acceptors (Lipinski definition) is 0. The first kappa shape index (κ1) is 39.5. The molecule has 0 spiro atoms. The van der Waals surface area contributed by atoms with Crippen LogP contribution in [-0.2, 0) is 0 Å². The first-order chi connectivity index (χ1) is 35.7. The summed E-state index contributed by atoms with van der Waals surface area (Å²) in [5.41, 5.74) is 14.8. The maximum Gasteiger partial charge on any atom is -0.00203 e. The summed E-state index contributed by atoms with van der Waals surface area (Å²) in [5.74, 6) is 0. The standard InChI is InChI=1S/C72H42/c1-4-10-43(11-5-1)55-28-16-46-25-37-64-58(31-19-49-22-34-61(55)67(46)70(49)64)52-40-53(59-32-20-50-23-35-62-56(44-12-6-2-7-13-44)29-17-47-26-38-65(59)71(50)68(47)62)42-54(41-52)60-33-21-51-24-36-63-57(45-14-8-3-9-15-45)30-18-48-27-39-66(60)72(51)69(48)63/h1-42H. The molecule has 16 aromatic carbocycles. The van der Waals surface area contributed by atoms with E-state index in [0.717, 1.165) is 0 Å². The van der Waals surface area contributed by atoms with Crippen LogP contribution in [0.2, 0.25) is 0 Å². The molecule has 0 atom stereocenters. The summed E-state index contributed by atoms with van der Waals surface area (Å²) in [6.45, 7) is 0. The topological polar surface area (TPSA) is 0 Å². The van der Waals surface area contributed by atoms with Crippen LogP contribution in [0.5, 0.6) is 0 Å². The quantitative estimate of drug-likeness (QED) is 0.146. The molecule has 0 fully saturated rings. The van der Waals surface area contributed by atoms with Gasteiger partial charge in [-0.05, 0) is 182 Å². The summed E-state index contributed by atoms with van der Waals surface area (Å²) in [6, 6.07) is 96.0. The molecule has 0 radical (unpaired) electrons. The van der Waals surface area contributed by atoms with Crippen LogP contribution in [0.4, 0.5) is 0 Å². The third kappa shape index (κ3) is 5.69. The van der Waals surface area contributed by atoms with Crippen molar-refractivity contribution in [3.8, 4) is 66.8 Å². The molecule has 0 saturated carbocycles. The molecule has 0 aliphatic rings. The summed E-state index contributed by atoms with van der Waals surface area (Å²) in [6.07, 6.45) is 0. The Balaban J connectivity index is 0.975. The highest BCUT2D eigenvalue weighted by molar-refractivity contribution is 6.31. The average Bonchev–Trinajstić information content (AvgIpc) is 3.45. The number of hydrogen-bond donors (Lipinski definition) is 0. The van der Waals surface area contributed by atoms with E-state index >= 15 is 0 Å². The second-order valence-corrected chi connectivity index (χ2v) is 19.8. The van der Waals surface area contributed by atoms with E-state index in [1.165, 1.54) is 164 Å². The van der Waals surface area contributed by atoms with Crippen molar-refractivity contribution in [2.45, 2.75) is 0 Å². The Morgan fingerprint density at radius 1 is 0.139 bits per heavy atom. The Bertz CT molecular complexity index is 4310. The predicted molar refractivity (Wildman–Crippen MR) is 310 cm³/mol. The van der Waals surface area contributed by atoms with Crippen molar-refractivity contribution in [1.29, 1.82) is 0 Å². The molecule has 16 rings (SSSR count). The van der Waals surface area contributed by atoms with Gasteiger partial charge in [0, 0.05) is 0 Å². The highest BCUT2D eigenvalue weighted by Gasteiger charge is 2.21. The second-order valence-electron chi connectivity index (χ2n) is 19.8. The largest absolute Gasteiger partial charge is 0.0622 e. The molecule has 0 amide bonds. The summed E-state index contributed by atoms with van der Waals surface area (Å²) in [7, 11) is 0. The van der Waals surface area contributed by atoms with Crippen LogP contribution in [0.25, 0.3) is 164 Å². The van der Waals surface area contributed by atoms with Crippen molar-refractivity contribution in [2.24, 2.45) is 0 Å². The summed E-state index contributed by atoms with van der Waals surface area (Å²) >= 11 is 0. The average molecular weight is 907 g/mol. The maximum atomic E-state index is 2.47. The van der Waals surface area contributed by atoms with E-state index in [9.17, 15) is 0 Å². The van der Waals surface area contributed by atoms with Gasteiger partial charge in [0.1, 0.15) is 0 Å². The fourth-order valence-electron chi connectivity index (χ4n) is 12.9. The molecule has 0 saturated heterocycles. The molecule has 0 N–H and O–H groups in total. The number of rotatable bonds is 6. The summed E-state index contributed by atoms with van der Waals surface area (Å²) < 4.78 is 0. The summed E-state index contributed by atoms with van der Waals surface area (Å²) in [5, 5.41) is 23.2. The van der Waals surface area contributed by atoms with Crippen molar-refractivity contribution in [1.82, 2.24) is 0 Å². The van der Waals surface area contributed by atoms with Gasteiger partial charge in [-0.2, -0.15) is 0 Å². The smallest absolute Gasteiger partial charge is 0.00203 e. The van der Waals surface area contributed by atoms with Gasteiger partial charge in [0.15, 0.2) is 0 Å². The van der Waals surface area contributed by atoms with E-state index in [1.807, 2.05) is 0 Å². The minimum atomic E-state index is 1.21. The Morgan fingerprint density at radius 3 is 0.528 bits per heavy atom. The predicted octanol–water partition coefficient (Wildman–Crippen LogP) is 20.4. The van der Waals surface area contributed by atoms with Crippen LogP contribution in [0, 0.1) is 0 Å². The van der Waals surface area contributed by atoms with Crippen LogP contribution >= 0.6 is 0 Å². The molecule has 0 unspecified atom stereocenters. The van der Waals surface area contributed by atoms with Gasteiger partial charge in [0.05, 0.1) is 0 Å². The van der Waals surface area contributed by atoms with E-state index in [0.29, 0.717) is 0 Å². The van der Waals surface area contributed by atoms with E-state index in [-0.39, 0.29) is 0 Å². The number of benzene rings is 16. The fraction of sp³-hybridized carbons (Fsp3) is 0. The van der Waals surface area contributed by atoms with Gasteiger partial charge in [-0.3, -0.25) is 0 Å². The van der Waals surface area contributed by atoms with Gasteiger partial charge >= 0.3 is 0 Å². The molecule has 0 aromatic heterocycles. The lowest BCUT2D eigenvalue weighted by molar-refractivity contribution is 1.62. The van der Waals surface area contributed by atoms with Crippen LogP contribution in [-0.4, -0.2) is 0 Å². The second kappa shape index (κ2) is 15.1. The normalized spacial score (nSPS) is 12.2. The Kier molecular flexibility index (Phi) is 8.26. The molecule has 0 bridgehead atoms. The van der Waals surface area contributed by atoms with Crippen molar-refractivity contribution >= 4 is 97.0 Å². The van der Waals surface area contributed by atoms with Gasteiger partial charge in [-0.25, -0.2) is 0 Å². The van der Waals surface area contributed by atoms with Gasteiger partial charge in [0.2, 0.25) is 0 Å². The van der Waals surface area contributed by atoms with Crippen LogP contribution in [0.1, 0.15) is 0 Å². The minimum absolute atomic E-state index is 1.21. The van der Waals surface area contributed by atoms with E-state index in [2.05, 4.69) is 255 Å². The lowest BCUT2D eigenvalue weighted by atomic mass is 9.83. The lowest BCUT2D eigenvalue weighted by Gasteiger charge is -2.20. The van der Waals surface area contributed by atoms with E-state index in [4.69, 9.17) is 0 Å². The Labute approximate surface area is 416 Å². The van der Waals surface area contributed by atoms with E-state index < -0.39 is 0 Å². The van der Waals surface area contributed by atoms with Gasteiger partial charge in [-0.15, -0.1) is 0 Å². The monoisotopic (exact) mass is 906 g/mol. The molecule has 0 heterocycles. The van der Waals surface area contributed by atoms with Gasteiger partial charge < -0.3 is 0 Å². The molecular formula is C72H42. The molecule has 0 aliphatic heterocycles. The lowest BCUT2D eigenvalue weighted by Crippen LogP contribution is -1.93. The van der Waals surface area contributed by atoms with Crippen molar-refractivity contribution < 1.29 is 0 Å². The third-order valence-corrected chi connectivity index (χ3v) is 16.1. The Morgan fingerprint density at radius 2 is 0.319 bits per heavy atom. The van der Waals surface area contributed by atoms with Crippen molar-refractivity contribution in [3.05, 3.63) is 255 Å². The van der Waals surface area contributed by atoms with Crippen LogP contribution in [0.15, 0.2) is 255 Å². The molecule has 0 aliphatic carbocycles. The zero-order valence-corrected chi connectivity index (χ0v) is 39.2.